The van der Waals surface area contributed by atoms with Gasteiger partial charge < -0.3 is 9.80 Å². The molecule has 5 nitrogen and oxygen atoms in total. The predicted molar refractivity (Wildman–Crippen MR) is 119 cm³/mol. The molecule has 7 heteroatoms. The maximum Gasteiger partial charge on any atom is 0.292 e. The Balaban J connectivity index is 1.33. The smallest absolute Gasteiger partial charge is 0.292 e. The first kappa shape index (κ1) is 21.1. The Kier molecular flexibility index (Phi) is 6.54. The summed E-state index contributed by atoms with van der Waals surface area (Å²) in [7, 11) is 0. The lowest BCUT2D eigenvalue weighted by molar-refractivity contribution is -1.02. The van der Waals surface area contributed by atoms with Crippen molar-refractivity contribution in [2.24, 2.45) is 0 Å². The first-order chi connectivity index (χ1) is 14.5. The summed E-state index contributed by atoms with van der Waals surface area (Å²) in [4.78, 5) is 29.6. The fourth-order valence-corrected chi connectivity index (χ4v) is 4.54. The number of anilines is 1. The third-order valence-electron chi connectivity index (χ3n) is 5.92. The molecule has 0 bridgehead atoms. The van der Waals surface area contributed by atoms with Crippen LogP contribution in [0, 0.1) is 0 Å². The van der Waals surface area contributed by atoms with E-state index < -0.39 is 0 Å². The number of nitrogens with one attached hydrogen (secondary N) is 2. The van der Waals surface area contributed by atoms with E-state index in [1.807, 2.05) is 18.2 Å². The Bertz CT molecular complexity index is 956. The highest BCUT2D eigenvalue weighted by molar-refractivity contribution is 6.42. The molecule has 30 heavy (non-hydrogen) atoms. The summed E-state index contributed by atoms with van der Waals surface area (Å²) < 4.78 is 0. The fourth-order valence-electron chi connectivity index (χ4n) is 4.25. The molecule has 4 rings (SSSR count). The van der Waals surface area contributed by atoms with Crippen molar-refractivity contribution in [1.82, 2.24) is 0 Å². The van der Waals surface area contributed by atoms with Gasteiger partial charge in [0.15, 0.2) is 6.04 Å². The predicted octanol–water partition coefficient (Wildman–Crippen LogP) is 1.12. The highest BCUT2D eigenvalue weighted by atomic mass is 35.5. The van der Waals surface area contributed by atoms with Gasteiger partial charge in [-0.25, -0.2) is 4.90 Å². The second-order valence-electron chi connectivity index (χ2n) is 7.85. The number of hydrogen-bond acceptors (Lipinski definition) is 2. The number of quaternary nitrogens is 2. The summed E-state index contributed by atoms with van der Waals surface area (Å²) in [5.41, 5.74) is 1.70. The molecule has 2 fully saturated rings. The van der Waals surface area contributed by atoms with Crippen molar-refractivity contribution in [1.29, 1.82) is 0 Å². The number of nitrogens with zero attached hydrogens (tertiary/aromatic N) is 1. The average Bonchev–Trinajstić information content (AvgIpc) is 3.05. The van der Waals surface area contributed by atoms with Gasteiger partial charge in [0, 0.05) is 0 Å². The van der Waals surface area contributed by atoms with E-state index in [1.165, 1.54) is 20.3 Å². The number of carbonyl (C=O) groups excluding carboxylic acids is 2. The van der Waals surface area contributed by atoms with Crippen molar-refractivity contribution < 1.29 is 19.4 Å². The van der Waals surface area contributed by atoms with Crippen molar-refractivity contribution >= 4 is 46.8 Å². The van der Waals surface area contributed by atoms with E-state index in [-0.39, 0.29) is 24.3 Å². The van der Waals surface area contributed by atoms with Gasteiger partial charge in [0.1, 0.15) is 26.2 Å². The van der Waals surface area contributed by atoms with Crippen molar-refractivity contribution in [3.63, 3.8) is 0 Å². The van der Waals surface area contributed by atoms with E-state index in [0.717, 1.165) is 32.7 Å². The molecule has 0 spiro atoms. The van der Waals surface area contributed by atoms with Crippen LogP contribution in [0.5, 0.6) is 0 Å². The molecule has 0 aromatic heterocycles. The van der Waals surface area contributed by atoms with Gasteiger partial charge in [0.2, 0.25) is 5.91 Å². The Morgan fingerprint density at radius 2 is 1.70 bits per heavy atom. The van der Waals surface area contributed by atoms with E-state index in [4.69, 9.17) is 23.2 Å². The number of carbonyl (C=O) groups is 2. The first-order valence-electron chi connectivity index (χ1n) is 10.2. The van der Waals surface area contributed by atoms with E-state index >= 15 is 0 Å². The molecule has 2 heterocycles. The van der Waals surface area contributed by atoms with Gasteiger partial charge >= 0.3 is 0 Å². The summed E-state index contributed by atoms with van der Waals surface area (Å²) in [5, 5.41) is 0.744. The van der Waals surface area contributed by atoms with E-state index in [1.54, 1.807) is 18.2 Å². The second kappa shape index (κ2) is 9.31. The number of amides is 2. The molecule has 2 N–H and O–H groups in total. The molecule has 0 aliphatic carbocycles. The lowest BCUT2D eigenvalue weighted by atomic mass is 10.1. The van der Waals surface area contributed by atoms with Gasteiger partial charge in [-0.2, -0.15) is 0 Å². The van der Waals surface area contributed by atoms with Crippen LogP contribution < -0.4 is 14.7 Å². The number of halogens is 2. The zero-order chi connectivity index (χ0) is 21.1. The van der Waals surface area contributed by atoms with Crippen LogP contribution >= 0.6 is 23.2 Å². The molecule has 1 atom stereocenters. The molecule has 0 unspecified atom stereocenters. The summed E-state index contributed by atoms with van der Waals surface area (Å²) in [6.45, 7) is 4.70. The molecule has 2 aliphatic rings. The van der Waals surface area contributed by atoms with Crippen molar-refractivity contribution in [2.45, 2.75) is 12.5 Å². The second-order valence-corrected chi connectivity index (χ2v) is 8.66. The monoisotopic (exact) mass is 445 g/mol. The lowest BCUT2D eigenvalue weighted by Gasteiger charge is -2.31. The molecular weight excluding hydrogens is 421 g/mol. The average molecular weight is 446 g/mol. The number of piperazine rings is 1. The molecule has 2 amide bonds. The largest absolute Gasteiger partial charge is 0.322 e. The van der Waals surface area contributed by atoms with Crippen molar-refractivity contribution in [2.75, 3.05) is 37.6 Å². The Morgan fingerprint density at radius 1 is 0.967 bits per heavy atom. The quantitative estimate of drug-likeness (QED) is 0.677. The zero-order valence-corrected chi connectivity index (χ0v) is 18.1. The van der Waals surface area contributed by atoms with Crippen LogP contribution in [0.25, 0.3) is 6.08 Å². The highest BCUT2D eigenvalue weighted by Gasteiger charge is 2.46. The molecule has 2 aliphatic heterocycles. The van der Waals surface area contributed by atoms with Gasteiger partial charge in [-0.3, -0.25) is 9.59 Å². The molecule has 0 radical (unpaired) electrons. The van der Waals surface area contributed by atoms with E-state index in [0.29, 0.717) is 15.7 Å². The summed E-state index contributed by atoms with van der Waals surface area (Å²) in [5.74, 6) is -0.308. The van der Waals surface area contributed by atoms with Crippen molar-refractivity contribution in [3.05, 3.63) is 70.2 Å². The van der Waals surface area contributed by atoms with Crippen LogP contribution in [0.2, 0.25) is 10.0 Å². The normalized spacial score (nSPS) is 24.7. The van der Waals surface area contributed by atoms with Crippen molar-refractivity contribution in [3.8, 4) is 0 Å². The van der Waals surface area contributed by atoms with Crippen LogP contribution in [0.4, 0.5) is 5.69 Å². The lowest BCUT2D eigenvalue weighted by Crippen LogP contribution is -3.30. The Morgan fingerprint density at radius 3 is 2.40 bits per heavy atom. The third-order valence-corrected chi connectivity index (χ3v) is 6.66. The first-order valence-corrected chi connectivity index (χ1v) is 11.0. The molecular formula is C23H25Cl2N3O2+2. The molecule has 2 aromatic rings. The number of rotatable bonds is 5. The fraction of sp³-hybridized carbons (Fsp3) is 0.304. The SMILES string of the molecule is O=C1C[C@@H]([NH+]2CC[NH+](C/C=C/c3ccccc3)CC2)C(=O)N1c1ccc(Cl)c(Cl)c1. The number of hydrogen-bond donors (Lipinski definition) is 2. The Hall–Kier alpha value is -2.18. The minimum atomic E-state index is -0.312. The van der Waals surface area contributed by atoms with Crippen LogP contribution in [0.1, 0.15) is 12.0 Å². The van der Waals surface area contributed by atoms with Crippen LogP contribution in [-0.2, 0) is 9.59 Å². The Labute approximate surface area is 186 Å². The molecule has 2 aromatic carbocycles. The van der Waals surface area contributed by atoms with Gasteiger partial charge in [-0.05, 0) is 29.8 Å². The highest BCUT2D eigenvalue weighted by Crippen LogP contribution is 2.29. The third kappa shape index (κ3) is 4.60. The molecule has 156 valence electrons. The summed E-state index contributed by atoms with van der Waals surface area (Å²) in [6, 6.07) is 14.8. The maximum absolute atomic E-state index is 13.0. The number of imide groups is 1. The van der Waals surface area contributed by atoms with Crippen LogP contribution in [0.15, 0.2) is 54.6 Å². The van der Waals surface area contributed by atoms with Crippen LogP contribution in [0.3, 0.4) is 0 Å². The van der Waals surface area contributed by atoms with Crippen LogP contribution in [-0.4, -0.2) is 50.6 Å². The molecule has 2 saturated heterocycles. The number of benzene rings is 2. The summed E-state index contributed by atoms with van der Waals surface area (Å²) >= 11 is 12.0. The van der Waals surface area contributed by atoms with Gasteiger partial charge in [0.05, 0.1) is 28.7 Å². The minimum Gasteiger partial charge on any atom is -0.322 e. The standard InChI is InChI=1S/C23H23Cl2N3O2/c24-19-9-8-18(15-20(19)25)28-22(29)16-21(23(28)30)27-13-11-26(12-14-27)10-4-7-17-5-2-1-3-6-17/h1-9,15,21H,10-14,16H2/p+2/b7-4+/t21-/m1/s1. The molecule has 0 saturated carbocycles. The van der Waals surface area contributed by atoms with Gasteiger partial charge in [-0.1, -0.05) is 59.6 Å². The van der Waals surface area contributed by atoms with Gasteiger partial charge in [0.25, 0.3) is 5.91 Å². The maximum atomic E-state index is 13.0. The minimum absolute atomic E-state index is 0.138. The topological polar surface area (TPSA) is 46.3 Å². The van der Waals surface area contributed by atoms with E-state index in [2.05, 4.69) is 24.3 Å². The zero-order valence-electron chi connectivity index (χ0n) is 16.6. The summed E-state index contributed by atoms with van der Waals surface area (Å²) in [6.07, 6.45) is 4.62. The van der Waals surface area contributed by atoms with E-state index in [9.17, 15) is 9.59 Å². The van der Waals surface area contributed by atoms with Gasteiger partial charge in [-0.15, -0.1) is 0 Å².